The summed E-state index contributed by atoms with van der Waals surface area (Å²) in [7, 11) is 2.71. The zero-order valence-electron chi connectivity index (χ0n) is 14.7. The lowest BCUT2D eigenvalue weighted by molar-refractivity contribution is 0.0521. The number of carbonyl (C=O) groups is 2. The van der Waals surface area contributed by atoms with Gasteiger partial charge in [-0.2, -0.15) is 0 Å². The van der Waals surface area contributed by atoms with Crippen LogP contribution in [0.5, 0.6) is 17.2 Å². The van der Waals surface area contributed by atoms with E-state index in [0.29, 0.717) is 12.8 Å². The summed E-state index contributed by atoms with van der Waals surface area (Å²) in [6.45, 7) is 5.70. The Morgan fingerprint density at radius 1 is 1.00 bits per heavy atom. The summed E-state index contributed by atoms with van der Waals surface area (Å²) in [4.78, 5) is 23.7. The van der Waals surface area contributed by atoms with E-state index in [9.17, 15) is 14.7 Å². The molecule has 0 spiro atoms. The molecule has 1 aromatic rings. The lowest BCUT2D eigenvalue weighted by atomic mass is 10.1. The Hall–Kier alpha value is -2.44. The van der Waals surface area contributed by atoms with Crippen LogP contribution in [0.2, 0.25) is 0 Å². The maximum Gasteiger partial charge on any atom is 0.342 e. The van der Waals surface area contributed by atoms with E-state index in [1.54, 1.807) is 6.92 Å². The summed E-state index contributed by atoms with van der Waals surface area (Å²) in [6, 6.07) is 1.18. The summed E-state index contributed by atoms with van der Waals surface area (Å²) in [5.41, 5.74) is -0.208. The summed E-state index contributed by atoms with van der Waals surface area (Å²) in [5, 5.41) is 9.44. The van der Waals surface area contributed by atoms with Crippen molar-refractivity contribution in [3.63, 3.8) is 0 Å². The first-order valence-corrected chi connectivity index (χ1v) is 7.80. The van der Waals surface area contributed by atoms with Gasteiger partial charge in [0.25, 0.3) is 0 Å². The van der Waals surface area contributed by atoms with Gasteiger partial charge in [-0.15, -0.1) is 0 Å². The van der Waals surface area contributed by atoms with Crippen molar-refractivity contribution in [3.8, 4) is 17.2 Å². The fourth-order valence-corrected chi connectivity index (χ4v) is 2.28. The fourth-order valence-electron chi connectivity index (χ4n) is 2.28. The highest BCUT2D eigenvalue weighted by Crippen LogP contribution is 2.44. The van der Waals surface area contributed by atoms with Gasteiger partial charge in [0, 0.05) is 0 Å². The fraction of sp³-hybridized carbons (Fsp3) is 0.529. The molecular weight excluding hydrogens is 316 g/mol. The van der Waals surface area contributed by atoms with Gasteiger partial charge in [-0.25, -0.2) is 9.59 Å². The molecule has 0 aliphatic carbocycles. The number of benzene rings is 1. The molecule has 0 saturated carbocycles. The van der Waals surface area contributed by atoms with Gasteiger partial charge in [0.1, 0.15) is 11.1 Å². The number of rotatable bonds is 9. The smallest absolute Gasteiger partial charge is 0.342 e. The van der Waals surface area contributed by atoms with Crippen LogP contribution >= 0.6 is 0 Å². The molecule has 0 atom stereocenters. The van der Waals surface area contributed by atoms with E-state index in [4.69, 9.17) is 18.9 Å². The molecule has 1 rings (SSSR count). The van der Waals surface area contributed by atoms with E-state index in [2.05, 4.69) is 0 Å². The van der Waals surface area contributed by atoms with Crippen LogP contribution in [-0.2, 0) is 4.74 Å². The van der Waals surface area contributed by atoms with E-state index in [-0.39, 0.29) is 41.1 Å². The zero-order valence-corrected chi connectivity index (χ0v) is 14.7. The van der Waals surface area contributed by atoms with Crippen molar-refractivity contribution in [1.82, 2.24) is 0 Å². The first kappa shape index (κ1) is 19.6. The number of carbonyl (C=O) groups excluding carboxylic acids is 1. The van der Waals surface area contributed by atoms with Crippen LogP contribution in [0.25, 0.3) is 0 Å². The first-order valence-electron chi connectivity index (χ1n) is 7.80. The maximum atomic E-state index is 12.2. The van der Waals surface area contributed by atoms with E-state index in [1.165, 1.54) is 20.3 Å². The highest BCUT2D eigenvalue weighted by molar-refractivity contribution is 6.00. The third-order valence-electron chi connectivity index (χ3n) is 3.52. The minimum Gasteiger partial charge on any atom is -0.492 e. The lowest BCUT2D eigenvalue weighted by Gasteiger charge is -2.22. The van der Waals surface area contributed by atoms with Crippen molar-refractivity contribution in [2.75, 3.05) is 20.8 Å². The van der Waals surface area contributed by atoms with Crippen LogP contribution in [0.1, 0.15) is 54.3 Å². The molecular formula is C17H24O7. The van der Waals surface area contributed by atoms with Crippen LogP contribution in [-0.4, -0.2) is 44.0 Å². The number of methoxy groups -OCH3 is 2. The van der Waals surface area contributed by atoms with Crippen LogP contribution in [0.15, 0.2) is 6.07 Å². The molecule has 134 valence electrons. The first-order chi connectivity index (χ1) is 11.4. The Bertz CT molecular complexity index is 591. The quantitative estimate of drug-likeness (QED) is 0.690. The normalized spacial score (nSPS) is 10.4. The molecule has 7 nitrogen and oxygen atoms in total. The van der Waals surface area contributed by atoms with Gasteiger partial charge in [0.15, 0.2) is 11.5 Å². The van der Waals surface area contributed by atoms with E-state index >= 15 is 0 Å². The molecule has 0 bridgehead atoms. The van der Waals surface area contributed by atoms with Crippen molar-refractivity contribution >= 4 is 11.9 Å². The molecule has 0 aliphatic heterocycles. The number of aromatic carboxylic acids is 1. The van der Waals surface area contributed by atoms with Crippen molar-refractivity contribution < 1.29 is 33.6 Å². The zero-order chi connectivity index (χ0) is 18.3. The minimum atomic E-state index is -1.24. The largest absolute Gasteiger partial charge is 0.492 e. The van der Waals surface area contributed by atoms with Crippen molar-refractivity contribution in [2.45, 2.75) is 39.7 Å². The van der Waals surface area contributed by atoms with Crippen LogP contribution in [0, 0.1) is 0 Å². The monoisotopic (exact) mass is 340 g/mol. The molecule has 24 heavy (non-hydrogen) atoms. The van der Waals surface area contributed by atoms with E-state index < -0.39 is 11.9 Å². The van der Waals surface area contributed by atoms with E-state index in [0.717, 1.165) is 0 Å². The van der Waals surface area contributed by atoms with Crippen molar-refractivity contribution in [1.29, 1.82) is 0 Å². The van der Waals surface area contributed by atoms with Gasteiger partial charge in [-0.05, 0) is 25.8 Å². The molecule has 0 unspecified atom stereocenters. The van der Waals surface area contributed by atoms with Gasteiger partial charge >= 0.3 is 11.9 Å². The Balaban J connectivity index is 3.65. The second-order valence-corrected chi connectivity index (χ2v) is 4.95. The van der Waals surface area contributed by atoms with Crippen molar-refractivity contribution in [2.24, 2.45) is 0 Å². The number of ether oxygens (including phenoxy) is 4. The summed E-state index contributed by atoms with van der Waals surface area (Å²) in [5.74, 6) is -1.72. The topological polar surface area (TPSA) is 91.3 Å². The van der Waals surface area contributed by atoms with Gasteiger partial charge in [0.2, 0.25) is 5.75 Å². The average molecular weight is 340 g/mol. The van der Waals surface area contributed by atoms with Crippen LogP contribution in [0.4, 0.5) is 0 Å². The predicted molar refractivity (Wildman–Crippen MR) is 87.5 cm³/mol. The maximum absolute atomic E-state index is 12.2. The standard InChI is InChI=1S/C17H24O7/c1-6-10(7-2)24-15-13(21-4)11(16(18)19)9-12(14(15)22-5)17(20)23-8-3/h9-10H,6-8H2,1-5H3,(H,18,19). The highest BCUT2D eigenvalue weighted by atomic mass is 16.6. The SMILES string of the molecule is CCOC(=O)c1cc(C(=O)O)c(OC)c(OC(CC)CC)c1OC. The third kappa shape index (κ3) is 4.10. The Morgan fingerprint density at radius 3 is 1.96 bits per heavy atom. The van der Waals surface area contributed by atoms with Crippen molar-refractivity contribution in [3.05, 3.63) is 17.2 Å². The molecule has 0 aliphatic rings. The predicted octanol–water partition coefficient (Wildman–Crippen LogP) is 3.15. The van der Waals surface area contributed by atoms with Gasteiger partial charge in [-0.3, -0.25) is 0 Å². The molecule has 0 amide bonds. The molecule has 0 saturated heterocycles. The number of esters is 1. The summed E-state index contributed by atoms with van der Waals surface area (Å²) < 4.78 is 21.4. The molecule has 7 heteroatoms. The molecule has 1 aromatic carbocycles. The highest BCUT2D eigenvalue weighted by Gasteiger charge is 2.29. The number of carboxylic acid groups (broad SMARTS) is 1. The average Bonchev–Trinajstić information content (AvgIpc) is 2.58. The number of carboxylic acids is 1. The van der Waals surface area contributed by atoms with Gasteiger partial charge in [-0.1, -0.05) is 13.8 Å². The van der Waals surface area contributed by atoms with E-state index in [1.807, 2.05) is 13.8 Å². The molecule has 1 N–H and O–H groups in total. The second kappa shape index (κ2) is 9.00. The summed E-state index contributed by atoms with van der Waals surface area (Å²) in [6.07, 6.45) is 1.23. The Labute approximate surface area is 141 Å². The Kier molecular flexibility index (Phi) is 7.35. The minimum absolute atomic E-state index is 0.0132. The number of hydrogen-bond donors (Lipinski definition) is 1. The lowest BCUT2D eigenvalue weighted by Crippen LogP contribution is -2.18. The number of hydrogen-bond acceptors (Lipinski definition) is 6. The van der Waals surface area contributed by atoms with Gasteiger partial charge in [0.05, 0.1) is 26.9 Å². The molecule has 0 radical (unpaired) electrons. The van der Waals surface area contributed by atoms with Crippen LogP contribution in [0.3, 0.4) is 0 Å². The summed E-state index contributed by atoms with van der Waals surface area (Å²) >= 11 is 0. The molecule has 0 aromatic heterocycles. The van der Waals surface area contributed by atoms with Gasteiger partial charge < -0.3 is 24.1 Å². The Morgan fingerprint density at radius 2 is 1.54 bits per heavy atom. The third-order valence-corrected chi connectivity index (χ3v) is 3.52. The second-order valence-electron chi connectivity index (χ2n) is 4.95. The van der Waals surface area contributed by atoms with Crippen LogP contribution < -0.4 is 14.2 Å². The molecule has 0 fully saturated rings. The molecule has 0 heterocycles.